The molecule has 0 aliphatic carbocycles. The molecular weight excluding hydrogens is 247 g/mol. The van der Waals surface area contributed by atoms with Crippen molar-refractivity contribution in [1.82, 2.24) is 0 Å². The molecule has 108 valence electrons. The molecule has 0 radical (unpaired) electrons. The molecule has 1 aromatic carbocycles. The van der Waals surface area contributed by atoms with Gasteiger partial charge in [0.25, 0.3) is 0 Å². The van der Waals surface area contributed by atoms with Gasteiger partial charge in [-0.05, 0) is 12.8 Å². The highest BCUT2D eigenvalue weighted by atomic mass is 19.1. The molecule has 3 N–H and O–H groups in total. The summed E-state index contributed by atoms with van der Waals surface area (Å²) >= 11 is 0. The summed E-state index contributed by atoms with van der Waals surface area (Å²) in [5, 5.41) is 3.25. The molecule has 1 unspecified atom stereocenters. The Morgan fingerprint density at radius 1 is 1.37 bits per heavy atom. The third kappa shape index (κ3) is 4.59. The van der Waals surface area contributed by atoms with E-state index in [0.29, 0.717) is 24.6 Å². The number of rotatable bonds is 8. The number of halogens is 1. The van der Waals surface area contributed by atoms with Gasteiger partial charge in [-0.25, -0.2) is 4.39 Å². The predicted molar refractivity (Wildman–Crippen MR) is 76.2 cm³/mol. The van der Waals surface area contributed by atoms with Crippen LogP contribution < -0.4 is 15.8 Å². The lowest BCUT2D eigenvalue weighted by atomic mass is 10.2. The molecule has 0 amide bonds. The van der Waals surface area contributed by atoms with Crippen molar-refractivity contribution >= 4 is 11.4 Å². The van der Waals surface area contributed by atoms with Crippen LogP contribution >= 0.6 is 0 Å². The van der Waals surface area contributed by atoms with Crippen molar-refractivity contribution in [2.75, 3.05) is 31.4 Å². The van der Waals surface area contributed by atoms with E-state index in [-0.39, 0.29) is 11.8 Å². The highest BCUT2D eigenvalue weighted by Crippen LogP contribution is 2.29. The lowest BCUT2D eigenvalue weighted by Crippen LogP contribution is -2.24. The molecule has 0 aliphatic heterocycles. The highest BCUT2D eigenvalue weighted by molar-refractivity contribution is 5.69. The van der Waals surface area contributed by atoms with Gasteiger partial charge in [-0.2, -0.15) is 0 Å². The molecule has 0 saturated carbocycles. The second-order valence-corrected chi connectivity index (χ2v) is 4.42. The number of anilines is 2. The number of methoxy groups -OCH3 is 1. The lowest BCUT2D eigenvalue weighted by molar-refractivity contribution is 0.184. The maximum absolute atomic E-state index is 13.7. The number of hydrogen-bond donors (Lipinski definition) is 2. The number of hydrogen-bond acceptors (Lipinski definition) is 4. The van der Waals surface area contributed by atoms with Gasteiger partial charge in [0.1, 0.15) is 0 Å². The van der Waals surface area contributed by atoms with E-state index < -0.39 is 5.82 Å². The van der Waals surface area contributed by atoms with Crippen LogP contribution in [0.5, 0.6) is 5.75 Å². The molecule has 5 heteroatoms. The molecule has 19 heavy (non-hydrogen) atoms. The van der Waals surface area contributed by atoms with Crippen LogP contribution in [-0.4, -0.2) is 26.4 Å². The molecule has 1 aromatic rings. The van der Waals surface area contributed by atoms with Gasteiger partial charge in [-0.15, -0.1) is 0 Å². The fourth-order valence-corrected chi connectivity index (χ4v) is 1.70. The van der Waals surface area contributed by atoms with Crippen LogP contribution in [0.15, 0.2) is 12.1 Å². The normalized spacial score (nSPS) is 12.2. The first-order valence-corrected chi connectivity index (χ1v) is 6.59. The standard InChI is InChI=1S/C14H23FN2O2/c1-4-6-19-14-8-13(12(16)7-11(14)15)17-10(5-2)9-18-3/h7-8,10,17H,4-6,9,16H2,1-3H3. The Balaban J connectivity index is 2.86. The number of nitrogens with two attached hydrogens (primary N) is 1. The van der Waals surface area contributed by atoms with Crippen molar-refractivity contribution < 1.29 is 13.9 Å². The molecule has 0 spiro atoms. The average molecular weight is 270 g/mol. The van der Waals surface area contributed by atoms with E-state index in [4.69, 9.17) is 15.2 Å². The summed E-state index contributed by atoms with van der Waals surface area (Å²) in [4.78, 5) is 0. The summed E-state index contributed by atoms with van der Waals surface area (Å²) in [5.74, 6) is -0.206. The zero-order valence-electron chi connectivity index (χ0n) is 11.8. The predicted octanol–water partition coefficient (Wildman–Crippen LogP) is 3.03. The van der Waals surface area contributed by atoms with Crippen LogP contribution in [0.25, 0.3) is 0 Å². The first kappa shape index (κ1) is 15.6. The van der Waals surface area contributed by atoms with Gasteiger partial charge < -0.3 is 20.5 Å². The molecule has 4 nitrogen and oxygen atoms in total. The maximum Gasteiger partial charge on any atom is 0.167 e. The second-order valence-electron chi connectivity index (χ2n) is 4.42. The first-order chi connectivity index (χ1) is 9.12. The smallest absolute Gasteiger partial charge is 0.167 e. The van der Waals surface area contributed by atoms with Gasteiger partial charge in [-0.1, -0.05) is 13.8 Å². The lowest BCUT2D eigenvalue weighted by Gasteiger charge is -2.19. The average Bonchev–Trinajstić information content (AvgIpc) is 2.39. The van der Waals surface area contributed by atoms with Crippen molar-refractivity contribution in [3.8, 4) is 5.75 Å². The third-order valence-electron chi connectivity index (χ3n) is 2.79. The van der Waals surface area contributed by atoms with Gasteiger partial charge in [-0.3, -0.25) is 0 Å². The summed E-state index contributed by atoms with van der Waals surface area (Å²) in [5.41, 5.74) is 6.87. The summed E-state index contributed by atoms with van der Waals surface area (Å²) < 4.78 is 24.1. The molecule has 1 rings (SSSR count). The highest BCUT2D eigenvalue weighted by Gasteiger charge is 2.12. The zero-order chi connectivity index (χ0) is 14.3. The van der Waals surface area contributed by atoms with Crippen LogP contribution in [0.3, 0.4) is 0 Å². The molecule has 0 heterocycles. The maximum atomic E-state index is 13.7. The minimum absolute atomic E-state index is 0.136. The monoisotopic (exact) mass is 270 g/mol. The molecule has 0 bridgehead atoms. The van der Waals surface area contributed by atoms with E-state index in [2.05, 4.69) is 5.32 Å². The van der Waals surface area contributed by atoms with Crippen LogP contribution in [0.4, 0.5) is 15.8 Å². The molecule has 1 atom stereocenters. The van der Waals surface area contributed by atoms with Gasteiger partial charge in [0, 0.05) is 25.3 Å². The molecule has 0 aromatic heterocycles. The Kier molecular flexibility index (Phi) is 6.42. The topological polar surface area (TPSA) is 56.5 Å². The van der Waals surface area contributed by atoms with Crippen LogP contribution in [0, 0.1) is 5.82 Å². The summed E-state index contributed by atoms with van der Waals surface area (Å²) in [6, 6.07) is 3.03. The fourth-order valence-electron chi connectivity index (χ4n) is 1.70. The molecule has 0 fully saturated rings. The number of nitrogens with one attached hydrogen (secondary N) is 1. The van der Waals surface area contributed by atoms with E-state index in [1.807, 2.05) is 13.8 Å². The Hall–Kier alpha value is -1.49. The van der Waals surface area contributed by atoms with Crippen LogP contribution in [-0.2, 0) is 4.74 Å². The SMILES string of the molecule is CCCOc1cc(NC(CC)COC)c(N)cc1F. The minimum atomic E-state index is -0.434. The van der Waals surface area contributed by atoms with Crippen molar-refractivity contribution in [2.45, 2.75) is 32.7 Å². The van der Waals surface area contributed by atoms with E-state index in [1.54, 1.807) is 13.2 Å². The number of ether oxygens (including phenoxy) is 2. The molecular formula is C14H23FN2O2. The van der Waals surface area contributed by atoms with E-state index in [9.17, 15) is 4.39 Å². The Morgan fingerprint density at radius 2 is 2.11 bits per heavy atom. The van der Waals surface area contributed by atoms with Crippen LogP contribution in [0.1, 0.15) is 26.7 Å². The quantitative estimate of drug-likeness (QED) is 0.713. The zero-order valence-corrected chi connectivity index (χ0v) is 11.8. The van der Waals surface area contributed by atoms with Crippen molar-refractivity contribution in [3.63, 3.8) is 0 Å². The summed E-state index contributed by atoms with van der Waals surface area (Å²) in [7, 11) is 1.65. The van der Waals surface area contributed by atoms with Crippen molar-refractivity contribution in [3.05, 3.63) is 17.9 Å². The van der Waals surface area contributed by atoms with E-state index >= 15 is 0 Å². The van der Waals surface area contributed by atoms with Gasteiger partial charge in [0.2, 0.25) is 0 Å². The largest absolute Gasteiger partial charge is 0.490 e. The van der Waals surface area contributed by atoms with E-state index in [1.165, 1.54) is 6.07 Å². The third-order valence-corrected chi connectivity index (χ3v) is 2.79. The van der Waals surface area contributed by atoms with Gasteiger partial charge in [0.15, 0.2) is 11.6 Å². The molecule has 0 aliphatic rings. The van der Waals surface area contributed by atoms with Gasteiger partial charge >= 0.3 is 0 Å². The number of benzene rings is 1. The Bertz CT molecular complexity index is 399. The van der Waals surface area contributed by atoms with Gasteiger partial charge in [0.05, 0.1) is 24.6 Å². The van der Waals surface area contributed by atoms with E-state index in [0.717, 1.165) is 12.8 Å². The van der Waals surface area contributed by atoms with Crippen LogP contribution in [0.2, 0.25) is 0 Å². The first-order valence-electron chi connectivity index (χ1n) is 6.59. The number of nitrogen functional groups attached to an aromatic ring is 1. The summed E-state index contributed by atoms with van der Waals surface area (Å²) in [6.45, 7) is 5.07. The molecule has 0 saturated heterocycles. The van der Waals surface area contributed by atoms with Crippen molar-refractivity contribution in [2.24, 2.45) is 0 Å². The Morgan fingerprint density at radius 3 is 2.68 bits per heavy atom. The second kappa shape index (κ2) is 7.84. The fraction of sp³-hybridized carbons (Fsp3) is 0.571. The minimum Gasteiger partial charge on any atom is -0.490 e. The summed E-state index contributed by atoms with van der Waals surface area (Å²) in [6.07, 6.45) is 1.71. The van der Waals surface area contributed by atoms with Crippen molar-refractivity contribution in [1.29, 1.82) is 0 Å². The Labute approximate surface area is 114 Å².